The second-order valence-corrected chi connectivity index (χ2v) is 7.64. The summed E-state index contributed by atoms with van der Waals surface area (Å²) in [5.41, 5.74) is 11.9. The van der Waals surface area contributed by atoms with Gasteiger partial charge in [-0.05, 0) is 93.6 Å². The minimum atomic E-state index is 1.06. The Bertz CT molecular complexity index is 900. The van der Waals surface area contributed by atoms with Gasteiger partial charge in [-0.3, -0.25) is 4.99 Å². The maximum absolute atomic E-state index is 4.85. The van der Waals surface area contributed by atoms with Gasteiger partial charge in [-0.2, -0.15) is 0 Å². The summed E-state index contributed by atoms with van der Waals surface area (Å²) in [7, 11) is 0. The van der Waals surface area contributed by atoms with Crippen LogP contribution in [-0.2, 0) is 0 Å². The summed E-state index contributed by atoms with van der Waals surface area (Å²) in [5.74, 6) is 0. The average Bonchev–Trinajstić information content (AvgIpc) is 2.95. The molecule has 0 amide bonds. The van der Waals surface area contributed by atoms with Gasteiger partial charge in [0.25, 0.3) is 0 Å². The number of nitrogens with one attached hydrogen (secondary N) is 1. The molecule has 0 spiro atoms. The summed E-state index contributed by atoms with van der Waals surface area (Å²) in [5, 5.41) is 0. The number of benzene rings is 1. The van der Waals surface area contributed by atoms with Gasteiger partial charge in [0.05, 0.1) is 11.4 Å². The molecule has 0 saturated heterocycles. The van der Waals surface area contributed by atoms with Crippen molar-refractivity contribution in [2.24, 2.45) is 4.99 Å². The van der Waals surface area contributed by atoms with Crippen molar-refractivity contribution in [2.75, 3.05) is 0 Å². The number of nitrogens with zero attached hydrogens (tertiary/aromatic N) is 1. The first-order valence-electron chi connectivity index (χ1n) is 8.20. The number of H-pyrrole nitrogens is 1. The van der Waals surface area contributed by atoms with E-state index in [2.05, 4.69) is 86.7 Å². The molecule has 3 heteroatoms. The van der Waals surface area contributed by atoms with Crippen molar-refractivity contribution in [3.63, 3.8) is 0 Å². The van der Waals surface area contributed by atoms with Crippen molar-refractivity contribution in [1.29, 1.82) is 0 Å². The Labute approximate surface area is 152 Å². The van der Waals surface area contributed by atoms with Gasteiger partial charge in [0.2, 0.25) is 0 Å². The molecule has 124 valence electrons. The fourth-order valence-electron chi connectivity index (χ4n) is 3.59. The van der Waals surface area contributed by atoms with Crippen molar-refractivity contribution in [2.45, 2.75) is 41.5 Å². The van der Waals surface area contributed by atoms with E-state index in [0.29, 0.717) is 0 Å². The summed E-state index contributed by atoms with van der Waals surface area (Å²) in [6, 6.07) is 6.56. The molecule has 2 heterocycles. The standard InChI is InChI=1S/C21H23BrN2/c1-11-9-17(22)10-12(2)18(11)19(20-13(3)7-15(5)23-20)21-14(4)8-16(6)24-21/h7-10,23H,1-6H3/b21-19-. The van der Waals surface area contributed by atoms with Crippen LogP contribution >= 0.6 is 15.9 Å². The number of aryl methyl sites for hydroxylation is 4. The predicted molar refractivity (Wildman–Crippen MR) is 107 cm³/mol. The molecule has 1 aliphatic rings. The normalized spacial score (nSPS) is 16.3. The Morgan fingerprint density at radius 1 is 0.917 bits per heavy atom. The molecule has 0 saturated carbocycles. The molecule has 24 heavy (non-hydrogen) atoms. The van der Waals surface area contributed by atoms with E-state index in [9.17, 15) is 0 Å². The van der Waals surface area contributed by atoms with Crippen molar-refractivity contribution in [1.82, 2.24) is 4.98 Å². The average molecular weight is 383 g/mol. The first-order valence-corrected chi connectivity index (χ1v) is 8.99. The highest BCUT2D eigenvalue weighted by Gasteiger charge is 2.22. The molecule has 2 aromatic rings. The van der Waals surface area contributed by atoms with E-state index >= 15 is 0 Å². The van der Waals surface area contributed by atoms with Crippen LogP contribution in [0.2, 0.25) is 0 Å². The molecule has 2 nitrogen and oxygen atoms in total. The summed E-state index contributed by atoms with van der Waals surface area (Å²) >= 11 is 3.61. The highest BCUT2D eigenvalue weighted by molar-refractivity contribution is 9.10. The van der Waals surface area contributed by atoms with Gasteiger partial charge < -0.3 is 4.98 Å². The lowest BCUT2D eigenvalue weighted by Gasteiger charge is -2.17. The number of hydrogen-bond acceptors (Lipinski definition) is 1. The fraction of sp³-hybridized carbons (Fsp3) is 0.286. The number of rotatable bonds is 2. The van der Waals surface area contributed by atoms with Gasteiger partial charge in [0.1, 0.15) is 0 Å². The Kier molecular flexibility index (Phi) is 4.39. The third-order valence-corrected chi connectivity index (χ3v) is 4.93. The van der Waals surface area contributed by atoms with Gasteiger partial charge in [-0.25, -0.2) is 0 Å². The van der Waals surface area contributed by atoms with Gasteiger partial charge >= 0.3 is 0 Å². The number of aromatic nitrogens is 1. The van der Waals surface area contributed by atoms with E-state index in [1.165, 1.54) is 44.8 Å². The van der Waals surface area contributed by atoms with Gasteiger partial charge in [-0.1, -0.05) is 15.9 Å². The second kappa shape index (κ2) is 6.21. The molecule has 0 aliphatic carbocycles. The zero-order valence-corrected chi connectivity index (χ0v) is 16.7. The maximum atomic E-state index is 4.85. The van der Waals surface area contributed by atoms with Crippen LogP contribution in [0, 0.1) is 27.7 Å². The minimum absolute atomic E-state index is 1.06. The quantitative estimate of drug-likeness (QED) is 0.640. The molecule has 1 N–H and O–H groups in total. The summed E-state index contributed by atoms with van der Waals surface area (Å²) < 4.78 is 1.11. The van der Waals surface area contributed by atoms with Crippen LogP contribution in [-0.4, -0.2) is 10.7 Å². The lowest BCUT2D eigenvalue weighted by atomic mass is 9.90. The van der Waals surface area contributed by atoms with Crippen molar-refractivity contribution in [3.8, 4) is 0 Å². The fourth-order valence-corrected chi connectivity index (χ4v) is 4.27. The zero-order chi connectivity index (χ0) is 17.6. The number of hydrogen-bond donors (Lipinski definition) is 1. The first kappa shape index (κ1) is 17.0. The Balaban J connectivity index is 2.40. The number of aromatic amines is 1. The van der Waals surface area contributed by atoms with Gasteiger partial charge in [0, 0.05) is 21.5 Å². The summed E-state index contributed by atoms with van der Waals surface area (Å²) in [6.45, 7) is 12.8. The lowest BCUT2D eigenvalue weighted by molar-refractivity contribution is 1.19. The predicted octanol–water partition coefficient (Wildman–Crippen LogP) is 6.19. The first-order chi connectivity index (χ1) is 11.3. The van der Waals surface area contributed by atoms with Crippen LogP contribution in [0.25, 0.3) is 5.57 Å². The SMILES string of the molecule is CC1=CC(C)=N/C1=C(\c1[nH]c(C)cc1C)c1c(C)cc(Br)cc1C. The summed E-state index contributed by atoms with van der Waals surface area (Å²) in [4.78, 5) is 8.41. The van der Waals surface area contributed by atoms with Gasteiger partial charge in [-0.15, -0.1) is 0 Å². The molecule has 0 bridgehead atoms. The number of halogens is 1. The van der Waals surface area contributed by atoms with E-state index in [1.807, 2.05) is 0 Å². The maximum Gasteiger partial charge on any atom is 0.0762 e. The highest BCUT2D eigenvalue weighted by Crippen LogP contribution is 2.38. The van der Waals surface area contributed by atoms with E-state index in [1.54, 1.807) is 0 Å². The molecule has 0 fully saturated rings. The largest absolute Gasteiger partial charge is 0.358 e. The number of aliphatic imine (C=N–C) groups is 1. The van der Waals surface area contributed by atoms with Crippen molar-refractivity contribution in [3.05, 3.63) is 73.7 Å². The highest BCUT2D eigenvalue weighted by atomic mass is 79.9. The summed E-state index contributed by atoms with van der Waals surface area (Å²) in [6.07, 6.45) is 2.16. The third-order valence-electron chi connectivity index (χ3n) is 4.47. The van der Waals surface area contributed by atoms with Gasteiger partial charge in [0.15, 0.2) is 0 Å². The smallest absolute Gasteiger partial charge is 0.0762 e. The van der Waals surface area contributed by atoms with Crippen molar-refractivity contribution < 1.29 is 0 Å². The molecule has 0 unspecified atom stereocenters. The van der Waals surface area contributed by atoms with Crippen LogP contribution in [0.15, 0.2) is 45.0 Å². The van der Waals surface area contributed by atoms with Crippen LogP contribution in [0.4, 0.5) is 0 Å². The minimum Gasteiger partial charge on any atom is -0.358 e. The molecule has 1 aliphatic heterocycles. The van der Waals surface area contributed by atoms with E-state index in [0.717, 1.165) is 15.9 Å². The molecule has 0 atom stereocenters. The van der Waals surface area contributed by atoms with E-state index < -0.39 is 0 Å². The molecular weight excluding hydrogens is 360 g/mol. The Hall–Kier alpha value is -1.87. The number of allylic oxidation sites excluding steroid dienone is 2. The topological polar surface area (TPSA) is 28.1 Å². The van der Waals surface area contributed by atoms with E-state index in [-0.39, 0.29) is 0 Å². The molecular formula is C21H23BrN2. The van der Waals surface area contributed by atoms with E-state index in [4.69, 9.17) is 4.99 Å². The van der Waals surface area contributed by atoms with Crippen LogP contribution in [0.5, 0.6) is 0 Å². The zero-order valence-electron chi connectivity index (χ0n) is 15.1. The second-order valence-electron chi connectivity index (χ2n) is 6.73. The Morgan fingerprint density at radius 2 is 1.54 bits per heavy atom. The monoisotopic (exact) mass is 382 g/mol. The van der Waals surface area contributed by atoms with Crippen LogP contribution in [0.1, 0.15) is 47.5 Å². The van der Waals surface area contributed by atoms with Crippen LogP contribution < -0.4 is 0 Å². The molecule has 1 aromatic heterocycles. The lowest BCUT2D eigenvalue weighted by Crippen LogP contribution is -2.01. The third kappa shape index (κ3) is 2.93. The van der Waals surface area contributed by atoms with Crippen molar-refractivity contribution >= 4 is 27.2 Å². The Morgan fingerprint density at radius 3 is 2.00 bits per heavy atom. The molecule has 0 radical (unpaired) electrons. The van der Waals surface area contributed by atoms with Crippen LogP contribution in [0.3, 0.4) is 0 Å². The molecule has 1 aromatic carbocycles. The molecule has 3 rings (SSSR count).